The molecule has 0 unspecified atom stereocenters. The van der Waals surface area contributed by atoms with Crippen LogP contribution in [0, 0.1) is 0 Å². The van der Waals surface area contributed by atoms with Gasteiger partial charge in [-0.2, -0.15) is 5.10 Å². The molecule has 2 N–H and O–H groups in total. The van der Waals surface area contributed by atoms with E-state index >= 15 is 0 Å². The van der Waals surface area contributed by atoms with Gasteiger partial charge in [0.1, 0.15) is 11.4 Å². The number of aromatic carboxylic acids is 1. The number of rotatable bonds is 6. The van der Waals surface area contributed by atoms with Crippen LogP contribution in [-0.2, 0) is 11.8 Å². The van der Waals surface area contributed by atoms with E-state index in [4.69, 9.17) is 4.74 Å². The Morgan fingerprint density at radius 2 is 2.35 bits per heavy atom. The van der Waals surface area contributed by atoms with Crippen molar-refractivity contribution in [2.45, 2.75) is 12.5 Å². The first-order valence-electron chi connectivity index (χ1n) is 8.36. The zero-order valence-electron chi connectivity index (χ0n) is 14.5. The molecule has 9 heteroatoms. The number of carboxylic acids is 1. The summed E-state index contributed by atoms with van der Waals surface area (Å²) in [6, 6.07) is 4.68. The van der Waals surface area contributed by atoms with Gasteiger partial charge in [-0.15, -0.1) is 0 Å². The van der Waals surface area contributed by atoms with E-state index in [0.717, 1.165) is 5.69 Å². The van der Waals surface area contributed by atoms with Crippen LogP contribution in [-0.4, -0.2) is 58.2 Å². The van der Waals surface area contributed by atoms with Crippen LogP contribution in [0.5, 0.6) is 0 Å². The van der Waals surface area contributed by atoms with Crippen LogP contribution >= 0.6 is 0 Å². The number of hydrogen-bond donors (Lipinski definition) is 2. The molecule has 1 saturated heterocycles. The number of carbonyl (C=O) groups is 1. The molecule has 0 bridgehead atoms. The first kappa shape index (κ1) is 17.9. The van der Waals surface area contributed by atoms with Crippen LogP contribution in [0.2, 0.25) is 0 Å². The third-order valence-corrected chi connectivity index (χ3v) is 4.25. The molecule has 0 aromatic carbocycles. The molecule has 1 atom stereocenters. The van der Waals surface area contributed by atoms with Crippen LogP contribution in [0.3, 0.4) is 0 Å². The zero-order valence-corrected chi connectivity index (χ0v) is 14.5. The molecule has 26 heavy (non-hydrogen) atoms. The van der Waals surface area contributed by atoms with E-state index in [0.29, 0.717) is 38.5 Å². The Morgan fingerprint density at radius 1 is 1.50 bits per heavy atom. The molecule has 0 aliphatic carbocycles. The highest BCUT2D eigenvalue weighted by molar-refractivity contribution is 5.92. The number of morpholine rings is 1. The van der Waals surface area contributed by atoms with E-state index in [2.05, 4.69) is 20.3 Å². The quantitative estimate of drug-likeness (QED) is 0.771. The van der Waals surface area contributed by atoms with E-state index in [-0.39, 0.29) is 17.2 Å². The second kappa shape index (κ2) is 7.96. The lowest BCUT2D eigenvalue weighted by atomic mass is 10.2. The molecule has 3 rings (SSSR count). The molecule has 3 heterocycles. The van der Waals surface area contributed by atoms with Gasteiger partial charge in [-0.05, 0) is 18.6 Å². The number of carboxylic acid groups (broad SMARTS) is 1. The summed E-state index contributed by atoms with van der Waals surface area (Å²) >= 11 is 0. The number of ether oxygens (including phenoxy) is 1. The molecule has 0 saturated carbocycles. The first-order chi connectivity index (χ1) is 12.5. The largest absolute Gasteiger partial charge is 0.478 e. The summed E-state index contributed by atoms with van der Waals surface area (Å²) in [4.78, 5) is 29.1. The molecule has 1 fully saturated rings. The Labute approximate surface area is 150 Å². The van der Waals surface area contributed by atoms with Crippen LogP contribution in [0.25, 0.3) is 0 Å². The van der Waals surface area contributed by atoms with Crippen LogP contribution < -0.4 is 15.8 Å². The fraction of sp³-hybridized carbons (Fsp3) is 0.412. The van der Waals surface area contributed by atoms with Gasteiger partial charge in [0.05, 0.1) is 24.6 Å². The summed E-state index contributed by atoms with van der Waals surface area (Å²) in [5.74, 6) is -0.665. The monoisotopic (exact) mass is 359 g/mol. The van der Waals surface area contributed by atoms with Crippen molar-refractivity contribution >= 4 is 17.5 Å². The second-order valence-electron chi connectivity index (χ2n) is 6.03. The molecule has 138 valence electrons. The predicted molar refractivity (Wildman–Crippen MR) is 95.7 cm³/mol. The Balaban J connectivity index is 1.57. The maximum absolute atomic E-state index is 11.8. The van der Waals surface area contributed by atoms with Gasteiger partial charge >= 0.3 is 5.97 Å². The number of pyridine rings is 1. The number of aromatic nitrogens is 3. The molecular weight excluding hydrogens is 338 g/mol. The summed E-state index contributed by atoms with van der Waals surface area (Å²) in [6.45, 7) is 2.43. The Hall–Kier alpha value is -2.94. The smallest absolute Gasteiger partial charge is 0.339 e. The third kappa shape index (κ3) is 4.17. The van der Waals surface area contributed by atoms with Gasteiger partial charge in [0, 0.05) is 38.9 Å². The predicted octanol–water partition coefficient (Wildman–Crippen LogP) is 0.581. The minimum Gasteiger partial charge on any atom is -0.478 e. The van der Waals surface area contributed by atoms with Gasteiger partial charge in [-0.3, -0.25) is 4.79 Å². The van der Waals surface area contributed by atoms with E-state index in [1.54, 1.807) is 31.6 Å². The molecule has 0 spiro atoms. The summed E-state index contributed by atoms with van der Waals surface area (Å²) in [6.07, 6.45) is 3.88. The lowest BCUT2D eigenvalue weighted by Crippen LogP contribution is -2.43. The van der Waals surface area contributed by atoms with Crippen molar-refractivity contribution in [1.29, 1.82) is 0 Å². The maximum Gasteiger partial charge on any atom is 0.339 e. The zero-order chi connectivity index (χ0) is 18.5. The van der Waals surface area contributed by atoms with Crippen LogP contribution in [0.4, 0.5) is 11.5 Å². The SMILES string of the molecule is Cn1ncc(N2CCO[C@H](CCNc3ncccc3C(=O)O)C2)cc1=O. The summed E-state index contributed by atoms with van der Waals surface area (Å²) < 4.78 is 7.07. The first-order valence-corrected chi connectivity index (χ1v) is 8.36. The van der Waals surface area contributed by atoms with Gasteiger partial charge in [0.25, 0.3) is 5.56 Å². The van der Waals surface area contributed by atoms with Crippen molar-refractivity contribution in [3.8, 4) is 0 Å². The fourth-order valence-electron chi connectivity index (χ4n) is 2.83. The van der Waals surface area contributed by atoms with Crippen LogP contribution in [0.15, 0.2) is 35.4 Å². The molecule has 1 aliphatic heterocycles. The van der Waals surface area contributed by atoms with Crippen molar-refractivity contribution in [3.63, 3.8) is 0 Å². The summed E-state index contributed by atoms with van der Waals surface area (Å²) in [5, 5.41) is 16.3. The minimum absolute atomic E-state index is 0.0303. The van der Waals surface area contributed by atoms with Gasteiger partial charge in [-0.1, -0.05) is 0 Å². The standard InChI is InChI=1S/C17H21N5O4/c1-21-15(23)9-12(10-20-21)22-7-8-26-13(11-22)4-6-19-16-14(17(24)25)3-2-5-18-16/h2-3,5,9-10,13H,4,6-8,11H2,1H3,(H,18,19)(H,24,25)/t13-/m1/s1. The number of hydrogen-bond acceptors (Lipinski definition) is 7. The van der Waals surface area contributed by atoms with Crippen molar-refractivity contribution in [2.75, 3.05) is 36.5 Å². The fourth-order valence-corrected chi connectivity index (χ4v) is 2.83. The normalized spacial score (nSPS) is 17.1. The number of anilines is 2. The minimum atomic E-state index is -1.01. The van der Waals surface area contributed by atoms with Gasteiger partial charge in [-0.25, -0.2) is 14.5 Å². The summed E-state index contributed by atoms with van der Waals surface area (Å²) in [5.41, 5.74) is 0.778. The van der Waals surface area contributed by atoms with Crippen molar-refractivity contribution in [1.82, 2.24) is 14.8 Å². The molecule has 9 nitrogen and oxygen atoms in total. The third-order valence-electron chi connectivity index (χ3n) is 4.25. The number of aryl methyl sites for hydroxylation is 1. The highest BCUT2D eigenvalue weighted by Crippen LogP contribution is 2.17. The van der Waals surface area contributed by atoms with E-state index in [9.17, 15) is 14.7 Å². The number of nitrogens with zero attached hydrogens (tertiary/aromatic N) is 4. The molecular formula is C17H21N5O4. The Bertz CT molecular complexity index is 838. The van der Waals surface area contributed by atoms with Crippen molar-refractivity contribution in [3.05, 3.63) is 46.5 Å². The highest BCUT2D eigenvalue weighted by Gasteiger charge is 2.21. The average Bonchev–Trinajstić information content (AvgIpc) is 2.64. The average molecular weight is 359 g/mol. The second-order valence-corrected chi connectivity index (χ2v) is 6.03. The van der Waals surface area contributed by atoms with Crippen molar-refractivity contribution in [2.24, 2.45) is 7.05 Å². The van der Waals surface area contributed by atoms with Gasteiger partial charge < -0.3 is 20.1 Å². The van der Waals surface area contributed by atoms with Gasteiger partial charge in [0.2, 0.25) is 0 Å². The van der Waals surface area contributed by atoms with Gasteiger partial charge in [0.15, 0.2) is 0 Å². The summed E-state index contributed by atoms with van der Waals surface area (Å²) in [7, 11) is 1.61. The van der Waals surface area contributed by atoms with E-state index < -0.39 is 5.97 Å². The van der Waals surface area contributed by atoms with Crippen molar-refractivity contribution < 1.29 is 14.6 Å². The molecule has 0 amide bonds. The Kier molecular flexibility index (Phi) is 5.47. The lowest BCUT2D eigenvalue weighted by Gasteiger charge is -2.34. The molecule has 1 aliphatic rings. The Morgan fingerprint density at radius 3 is 3.12 bits per heavy atom. The van der Waals surface area contributed by atoms with E-state index in [1.807, 2.05) is 0 Å². The van der Waals surface area contributed by atoms with Crippen LogP contribution in [0.1, 0.15) is 16.8 Å². The molecule has 0 radical (unpaired) electrons. The molecule has 2 aromatic rings. The lowest BCUT2D eigenvalue weighted by molar-refractivity contribution is 0.0374. The number of nitrogens with one attached hydrogen (secondary N) is 1. The highest BCUT2D eigenvalue weighted by atomic mass is 16.5. The molecule has 2 aromatic heterocycles. The maximum atomic E-state index is 11.8. The van der Waals surface area contributed by atoms with E-state index in [1.165, 1.54) is 10.7 Å². The topological polar surface area (TPSA) is 110 Å².